The van der Waals surface area contributed by atoms with Gasteiger partial charge in [-0.05, 0) is 30.7 Å². The number of nitrogen functional groups attached to an aromatic ring is 1. The van der Waals surface area contributed by atoms with Crippen LogP contribution in [0.25, 0.3) is 0 Å². The van der Waals surface area contributed by atoms with E-state index < -0.39 is 0 Å². The summed E-state index contributed by atoms with van der Waals surface area (Å²) < 4.78 is 5.51. The van der Waals surface area contributed by atoms with Crippen molar-refractivity contribution in [2.24, 2.45) is 0 Å². The van der Waals surface area contributed by atoms with Gasteiger partial charge in [-0.1, -0.05) is 6.92 Å². The van der Waals surface area contributed by atoms with Crippen molar-refractivity contribution < 1.29 is 4.74 Å². The Balaban J connectivity index is 2.02. The van der Waals surface area contributed by atoms with E-state index in [0.717, 1.165) is 24.5 Å². The van der Waals surface area contributed by atoms with E-state index in [1.807, 2.05) is 24.3 Å². The quantitative estimate of drug-likeness (QED) is 0.845. The number of benzene rings is 1. The monoisotopic (exact) mass is 244 g/mol. The minimum atomic E-state index is 0.440. The van der Waals surface area contributed by atoms with Crippen molar-refractivity contribution in [3.8, 4) is 5.75 Å². The zero-order valence-corrected chi connectivity index (χ0v) is 10.3. The van der Waals surface area contributed by atoms with Crippen LogP contribution in [0.5, 0.6) is 5.75 Å². The predicted molar refractivity (Wildman–Crippen MR) is 72.0 cm³/mol. The lowest BCUT2D eigenvalue weighted by atomic mass is 10.3. The molecule has 0 amide bonds. The molecule has 5 nitrogen and oxygen atoms in total. The predicted octanol–water partition coefficient (Wildman–Crippen LogP) is 2.59. The topological polar surface area (TPSA) is 73.1 Å². The van der Waals surface area contributed by atoms with Crippen molar-refractivity contribution in [2.75, 3.05) is 17.7 Å². The molecule has 0 unspecified atom stereocenters. The van der Waals surface area contributed by atoms with Crippen LogP contribution in [-0.4, -0.2) is 16.6 Å². The first-order valence-corrected chi connectivity index (χ1v) is 5.85. The van der Waals surface area contributed by atoms with Crippen molar-refractivity contribution in [2.45, 2.75) is 13.3 Å². The SMILES string of the molecule is CCCOc1ccc(Nc2cc(N)ncn2)cc1. The van der Waals surface area contributed by atoms with Crippen LogP contribution in [0.15, 0.2) is 36.7 Å². The molecular weight excluding hydrogens is 228 g/mol. The summed E-state index contributed by atoms with van der Waals surface area (Å²) in [6.07, 6.45) is 2.43. The molecule has 0 saturated heterocycles. The Hall–Kier alpha value is -2.30. The van der Waals surface area contributed by atoms with Gasteiger partial charge in [0.1, 0.15) is 23.7 Å². The minimum absolute atomic E-state index is 0.440. The number of ether oxygens (including phenoxy) is 1. The molecule has 1 aromatic heterocycles. The van der Waals surface area contributed by atoms with Gasteiger partial charge in [0.25, 0.3) is 0 Å². The summed E-state index contributed by atoms with van der Waals surface area (Å²) in [6.45, 7) is 2.81. The van der Waals surface area contributed by atoms with Gasteiger partial charge in [0.2, 0.25) is 0 Å². The smallest absolute Gasteiger partial charge is 0.135 e. The van der Waals surface area contributed by atoms with Gasteiger partial charge in [0.15, 0.2) is 0 Å². The normalized spacial score (nSPS) is 10.1. The molecule has 5 heteroatoms. The number of nitrogens with two attached hydrogens (primary N) is 1. The van der Waals surface area contributed by atoms with Gasteiger partial charge in [0, 0.05) is 11.8 Å². The number of rotatable bonds is 5. The highest BCUT2D eigenvalue weighted by Gasteiger charge is 1.98. The summed E-state index contributed by atoms with van der Waals surface area (Å²) in [7, 11) is 0. The average molecular weight is 244 g/mol. The van der Waals surface area contributed by atoms with E-state index in [4.69, 9.17) is 10.5 Å². The van der Waals surface area contributed by atoms with Crippen LogP contribution >= 0.6 is 0 Å². The second-order valence-electron chi connectivity index (χ2n) is 3.83. The zero-order valence-electron chi connectivity index (χ0n) is 10.3. The van der Waals surface area contributed by atoms with E-state index in [1.54, 1.807) is 6.07 Å². The summed E-state index contributed by atoms with van der Waals surface area (Å²) in [6, 6.07) is 9.39. The van der Waals surface area contributed by atoms with Crippen LogP contribution in [0.1, 0.15) is 13.3 Å². The van der Waals surface area contributed by atoms with E-state index in [-0.39, 0.29) is 0 Å². The number of anilines is 3. The fraction of sp³-hybridized carbons (Fsp3) is 0.231. The fourth-order valence-electron chi connectivity index (χ4n) is 1.44. The Morgan fingerprint density at radius 1 is 1.22 bits per heavy atom. The number of hydrogen-bond donors (Lipinski definition) is 2. The van der Waals surface area contributed by atoms with Crippen LogP contribution in [0.3, 0.4) is 0 Å². The average Bonchev–Trinajstić information content (AvgIpc) is 2.38. The summed E-state index contributed by atoms with van der Waals surface area (Å²) in [4.78, 5) is 7.91. The maximum atomic E-state index is 5.58. The fourth-order valence-corrected chi connectivity index (χ4v) is 1.44. The number of hydrogen-bond acceptors (Lipinski definition) is 5. The lowest BCUT2D eigenvalue weighted by Gasteiger charge is -2.07. The van der Waals surface area contributed by atoms with E-state index in [2.05, 4.69) is 22.2 Å². The lowest BCUT2D eigenvalue weighted by molar-refractivity contribution is 0.317. The van der Waals surface area contributed by atoms with Crippen LogP contribution in [0.4, 0.5) is 17.3 Å². The van der Waals surface area contributed by atoms with Crippen molar-refractivity contribution >= 4 is 17.3 Å². The van der Waals surface area contributed by atoms with Gasteiger partial charge < -0.3 is 15.8 Å². The third-order valence-electron chi connectivity index (χ3n) is 2.29. The molecule has 0 radical (unpaired) electrons. The van der Waals surface area contributed by atoms with Crippen molar-refractivity contribution in [1.29, 1.82) is 0 Å². The van der Waals surface area contributed by atoms with E-state index in [9.17, 15) is 0 Å². The molecule has 0 aliphatic carbocycles. The summed E-state index contributed by atoms with van der Waals surface area (Å²) in [5.41, 5.74) is 6.51. The summed E-state index contributed by atoms with van der Waals surface area (Å²) in [5.74, 6) is 1.98. The molecule has 0 aliphatic heterocycles. The maximum absolute atomic E-state index is 5.58. The third kappa shape index (κ3) is 3.35. The Labute approximate surface area is 106 Å². The summed E-state index contributed by atoms with van der Waals surface area (Å²) >= 11 is 0. The molecule has 0 bridgehead atoms. The lowest BCUT2D eigenvalue weighted by Crippen LogP contribution is -1.98. The van der Waals surface area contributed by atoms with Crippen molar-refractivity contribution in [1.82, 2.24) is 9.97 Å². The van der Waals surface area contributed by atoms with Gasteiger partial charge in [-0.25, -0.2) is 9.97 Å². The van der Waals surface area contributed by atoms with E-state index in [0.29, 0.717) is 11.6 Å². The first-order valence-electron chi connectivity index (χ1n) is 5.85. The molecule has 2 aromatic rings. The number of aromatic nitrogens is 2. The second-order valence-corrected chi connectivity index (χ2v) is 3.83. The van der Waals surface area contributed by atoms with Gasteiger partial charge in [-0.15, -0.1) is 0 Å². The number of nitrogens with zero attached hydrogens (tertiary/aromatic N) is 2. The molecule has 0 saturated carbocycles. The molecule has 0 fully saturated rings. The van der Waals surface area contributed by atoms with Crippen molar-refractivity contribution in [3.63, 3.8) is 0 Å². The highest BCUT2D eigenvalue weighted by Crippen LogP contribution is 2.19. The van der Waals surface area contributed by atoms with Crippen molar-refractivity contribution in [3.05, 3.63) is 36.7 Å². The largest absolute Gasteiger partial charge is 0.494 e. The second kappa shape index (κ2) is 5.86. The minimum Gasteiger partial charge on any atom is -0.494 e. The number of nitrogens with one attached hydrogen (secondary N) is 1. The molecule has 1 heterocycles. The molecule has 1 aromatic carbocycles. The van der Waals surface area contributed by atoms with Gasteiger partial charge >= 0.3 is 0 Å². The molecule has 0 atom stereocenters. The molecule has 0 spiro atoms. The van der Waals surface area contributed by atoms with E-state index in [1.165, 1.54) is 6.33 Å². The van der Waals surface area contributed by atoms with Gasteiger partial charge in [-0.2, -0.15) is 0 Å². The Morgan fingerprint density at radius 3 is 2.67 bits per heavy atom. The molecule has 94 valence electrons. The molecule has 18 heavy (non-hydrogen) atoms. The molecule has 2 rings (SSSR count). The molecular formula is C13H16N4O. The van der Waals surface area contributed by atoms with Crippen LogP contribution < -0.4 is 15.8 Å². The third-order valence-corrected chi connectivity index (χ3v) is 2.29. The Bertz CT molecular complexity index is 499. The van der Waals surface area contributed by atoms with Crippen LogP contribution in [-0.2, 0) is 0 Å². The molecule has 3 N–H and O–H groups in total. The Morgan fingerprint density at radius 2 is 2.00 bits per heavy atom. The summed E-state index contributed by atoms with van der Waals surface area (Å²) in [5, 5.41) is 3.14. The van der Waals surface area contributed by atoms with Gasteiger partial charge in [0.05, 0.1) is 6.61 Å². The van der Waals surface area contributed by atoms with E-state index >= 15 is 0 Å². The zero-order chi connectivity index (χ0) is 12.8. The van der Waals surface area contributed by atoms with Crippen LogP contribution in [0.2, 0.25) is 0 Å². The highest BCUT2D eigenvalue weighted by atomic mass is 16.5. The highest BCUT2D eigenvalue weighted by molar-refractivity contribution is 5.58. The van der Waals surface area contributed by atoms with Gasteiger partial charge in [-0.3, -0.25) is 0 Å². The first kappa shape index (κ1) is 12.2. The maximum Gasteiger partial charge on any atom is 0.135 e. The standard InChI is InChI=1S/C13H16N4O/c1-2-7-18-11-5-3-10(4-6-11)17-13-8-12(14)15-9-16-13/h3-6,8-9H,2,7H2,1H3,(H3,14,15,16,17). The Kier molecular flexibility index (Phi) is 3.96. The first-order chi connectivity index (χ1) is 8.78. The molecule has 0 aliphatic rings. The van der Waals surface area contributed by atoms with Crippen LogP contribution in [0, 0.1) is 0 Å².